The van der Waals surface area contributed by atoms with Gasteiger partial charge in [-0.1, -0.05) is 12.1 Å². The maximum Gasteiger partial charge on any atom is 0.341 e. The van der Waals surface area contributed by atoms with Crippen LogP contribution in [0.25, 0.3) is 6.08 Å². The van der Waals surface area contributed by atoms with Crippen molar-refractivity contribution >= 4 is 41.0 Å². The molecule has 0 spiro atoms. The summed E-state index contributed by atoms with van der Waals surface area (Å²) in [6.07, 6.45) is 1.72. The Balaban J connectivity index is 1.94. The zero-order valence-corrected chi connectivity index (χ0v) is 18.7. The van der Waals surface area contributed by atoms with Gasteiger partial charge in [0.05, 0.1) is 12.3 Å². The number of thiocarbonyl (C=S) groups is 1. The van der Waals surface area contributed by atoms with Gasteiger partial charge in [-0.15, -0.1) is 0 Å². The molecule has 0 radical (unpaired) electrons. The van der Waals surface area contributed by atoms with Crippen molar-refractivity contribution < 1.29 is 24.2 Å². The second-order valence-corrected chi connectivity index (χ2v) is 7.47. The van der Waals surface area contributed by atoms with Crippen molar-refractivity contribution in [3.63, 3.8) is 0 Å². The van der Waals surface area contributed by atoms with Crippen LogP contribution in [0, 0.1) is 13.8 Å². The Labute approximate surface area is 186 Å². The Bertz CT molecular complexity index is 1080. The highest BCUT2D eigenvalue weighted by atomic mass is 32.1. The molecule has 1 aliphatic rings. The van der Waals surface area contributed by atoms with Crippen LogP contribution in [-0.2, 0) is 9.59 Å². The van der Waals surface area contributed by atoms with E-state index in [0.717, 1.165) is 16.8 Å². The van der Waals surface area contributed by atoms with Crippen LogP contribution in [0.5, 0.6) is 11.5 Å². The summed E-state index contributed by atoms with van der Waals surface area (Å²) < 4.78 is 10.9. The largest absolute Gasteiger partial charge is 0.490 e. The zero-order valence-electron chi connectivity index (χ0n) is 17.8. The third-order valence-electron chi connectivity index (χ3n) is 4.93. The molecule has 8 heteroatoms. The first-order chi connectivity index (χ1) is 14.7. The van der Waals surface area contributed by atoms with Crippen molar-refractivity contribution in [2.75, 3.05) is 25.2 Å². The van der Waals surface area contributed by atoms with Crippen LogP contribution in [0.3, 0.4) is 0 Å². The second kappa shape index (κ2) is 9.18. The van der Waals surface area contributed by atoms with Crippen LogP contribution >= 0.6 is 12.2 Å². The van der Waals surface area contributed by atoms with Gasteiger partial charge in [-0.05, 0) is 80.0 Å². The number of aliphatic carboxylic acids is 1. The Kier molecular flexibility index (Phi) is 6.60. The van der Waals surface area contributed by atoms with E-state index >= 15 is 0 Å². The Morgan fingerprint density at radius 3 is 2.48 bits per heavy atom. The zero-order chi connectivity index (χ0) is 22.7. The van der Waals surface area contributed by atoms with E-state index in [0.29, 0.717) is 34.5 Å². The van der Waals surface area contributed by atoms with Gasteiger partial charge < -0.3 is 19.5 Å². The van der Waals surface area contributed by atoms with E-state index in [9.17, 15) is 9.59 Å². The van der Waals surface area contributed by atoms with Crippen LogP contribution in [0.1, 0.15) is 23.6 Å². The summed E-state index contributed by atoms with van der Waals surface area (Å²) in [6.45, 7) is 5.74. The van der Waals surface area contributed by atoms with E-state index in [-0.39, 0.29) is 5.91 Å². The maximum atomic E-state index is 13.2. The SMILES string of the molecule is CCOc1cc(/C=C2/C(=O)N(c3ccc(C)c(C)c3)C(=S)N2C)ccc1OCC(=O)O. The lowest BCUT2D eigenvalue weighted by Crippen LogP contribution is -2.31. The van der Waals surface area contributed by atoms with E-state index in [1.54, 1.807) is 36.2 Å². The smallest absolute Gasteiger partial charge is 0.341 e. The minimum Gasteiger partial charge on any atom is -0.490 e. The molecule has 31 heavy (non-hydrogen) atoms. The van der Waals surface area contributed by atoms with Crippen molar-refractivity contribution in [3.05, 3.63) is 58.8 Å². The molecule has 1 aliphatic heterocycles. The van der Waals surface area contributed by atoms with Gasteiger partial charge in [0.15, 0.2) is 23.2 Å². The molecule has 0 aliphatic carbocycles. The third kappa shape index (κ3) is 4.69. The highest BCUT2D eigenvalue weighted by Crippen LogP contribution is 2.32. The van der Waals surface area contributed by atoms with Gasteiger partial charge in [0.2, 0.25) is 0 Å². The summed E-state index contributed by atoms with van der Waals surface area (Å²) in [6, 6.07) is 10.8. The summed E-state index contributed by atoms with van der Waals surface area (Å²) in [4.78, 5) is 27.2. The molecule has 2 aromatic carbocycles. The predicted octanol–water partition coefficient (Wildman–Crippen LogP) is 3.77. The van der Waals surface area contributed by atoms with Gasteiger partial charge in [0.1, 0.15) is 5.70 Å². The third-order valence-corrected chi connectivity index (χ3v) is 5.39. The lowest BCUT2D eigenvalue weighted by molar-refractivity contribution is -0.139. The van der Waals surface area contributed by atoms with Crippen molar-refractivity contribution in [2.24, 2.45) is 0 Å². The summed E-state index contributed by atoms with van der Waals surface area (Å²) in [5.74, 6) is -0.573. The maximum absolute atomic E-state index is 13.2. The number of amides is 1. The number of hydrogen-bond donors (Lipinski definition) is 1. The van der Waals surface area contributed by atoms with Crippen molar-refractivity contribution in [1.29, 1.82) is 0 Å². The molecule has 0 unspecified atom stereocenters. The number of hydrogen-bond acceptors (Lipinski definition) is 5. The monoisotopic (exact) mass is 440 g/mol. The first-order valence-corrected chi connectivity index (χ1v) is 10.2. The van der Waals surface area contributed by atoms with Crippen molar-refractivity contribution in [1.82, 2.24) is 4.90 Å². The number of rotatable bonds is 7. The fourth-order valence-corrected chi connectivity index (χ4v) is 3.43. The number of benzene rings is 2. The average molecular weight is 441 g/mol. The summed E-state index contributed by atoms with van der Waals surface area (Å²) in [5.41, 5.74) is 4.06. The molecule has 1 N–H and O–H groups in total. The predicted molar refractivity (Wildman–Crippen MR) is 122 cm³/mol. The van der Waals surface area contributed by atoms with Crippen molar-refractivity contribution in [3.8, 4) is 11.5 Å². The van der Waals surface area contributed by atoms with E-state index in [1.807, 2.05) is 39.0 Å². The fourth-order valence-electron chi connectivity index (χ4n) is 3.15. The van der Waals surface area contributed by atoms with Gasteiger partial charge in [-0.3, -0.25) is 9.69 Å². The highest BCUT2D eigenvalue weighted by Gasteiger charge is 2.36. The molecule has 7 nitrogen and oxygen atoms in total. The molecule has 1 heterocycles. The molecular formula is C23H24N2O5S. The molecule has 1 fully saturated rings. The number of aryl methyl sites for hydroxylation is 2. The van der Waals surface area contributed by atoms with Crippen LogP contribution in [0.2, 0.25) is 0 Å². The summed E-state index contributed by atoms with van der Waals surface area (Å²) >= 11 is 5.53. The lowest BCUT2D eigenvalue weighted by Gasteiger charge is -2.17. The summed E-state index contributed by atoms with van der Waals surface area (Å²) in [7, 11) is 1.75. The number of carboxylic acids is 1. The quantitative estimate of drug-likeness (QED) is 0.519. The Morgan fingerprint density at radius 2 is 1.84 bits per heavy atom. The van der Waals surface area contributed by atoms with Gasteiger partial charge in [-0.25, -0.2) is 4.79 Å². The van der Waals surface area contributed by atoms with Crippen LogP contribution in [-0.4, -0.2) is 47.3 Å². The Hall–Kier alpha value is -3.39. The minimum absolute atomic E-state index is 0.222. The van der Waals surface area contributed by atoms with Crippen molar-refractivity contribution in [2.45, 2.75) is 20.8 Å². The number of anilines is 1. The van der Waals surface area contributed by atoms with Crippen LogP contribution in [0.4, 0.5) is 5.69 Å². The average Bonchev–Trinajstić information content (AvgIpc) is 2.93. The number of nitrogens with zero attached hydrogens (tertiary/aromatic N) is 2. The number of carbonyl (C=O) groups is 2. The molecule has 0 atom stereocenters. The molecule has 0 bridgehead atoms. The molecule has 2 aromatic rings. The number of carbonyl (C=O) groups excluding carboxylic acids is 1. The molecule has 3 rings (SSSR count). The highest BCUT2D eigenvalue weighted by molar-refractivity contribution is 7.80. The van der Waals surface area contributed by atoms with Crippen LogP contribution in [0.15, 0.2) is 42.1 Å². The molecule has 0 aromatic heterocycles. The molecule has 1 saturated heterocycles. The first-order valence-electron chi connectivity index (χ1n) is 9.75. The standard InChI is InChI=1S/C23H24N2O5S/c1-5-29-20-12-16(7-9-19(20)30-13-21(26)27)11-18-22(28)25(23(31)24(18)4)17-8-6-14(2)15(3)10-17/h6-12H,5,13H2,1-4H3,(H,26,27)/b18-11-. The minimum atomic E-state index is -1.08. The second-order valence-electron chi connectivity index (χ2n) is 7.10. The van der Waals surface area contributed by atoms with Gasteiger partial charge in [0, 0.05) is 7.05 Å². The number of likely N-dealkylation sites (N-methyl/N-ethyl adjacent to an activating group) is 1. The van der Waals surface area contributed by atoms with E-state index in [2.05, 4.69) is 0 Å². The van der Waals surface area contributed by atoms with Gasteiger partial charge >= 0.3 is 5.97 Å². The normalized spacial score (nSPS) is 15.0. The number of carboxylic acid groups (broad SMARTS) is 1. The Morgan fingerprint density at radius 1 is 1.10 bits per heavy atom. The van der Waals surface area contributed by atoms with Crippen LogP contribution < -0.4 is 14.4 Å². The van der Waals surface area contributed by atoms with E-state index in [4.69, 9.17) is 26.8 Å². The van der Waals surface area contributed by atoms with E-state index in [1.165, 1.54) is 4.90 Å². The van der Waals surface area contributed by atoms with E-state index < -0.39 is 12.6 Å². The summed E-state index contributed by atoms with van der Waals surface area (Å²) in [5, 5.41) is 9.23. The topological polar surface area (TPSA) is 79.3 Å². The molecular weight excluding hydrogens is 416 g/mol. The lowest BCUT2D eigenvalue weighted by atomic mass is 10.1. The molecule has 0 saturated carbocycles. The fraction of sp³-hybridized carbons (Fsp3) is 0.261. The molecule has 1 amide bonds. The van der Waals surface area contributed by atoms with Gasteiger partial charge in [-0.2, -0.15) is 0 Å². The molecule has 162 valence electrons. The van der Waals surface area contributed by atoms with Gasteiger partial charge in [0.25, 0.3) is 5.91 Å². The number of ether oxygens (including phenoxy) is 2. The first kappa shape index (κ1) is 22.3.